The molecule has 0 saturated heterocycles. The lowest BCUT2D eigenvalue weighted by molar-refractivity contribution is -0.447. The summed E-state index contributed by atoms with van der Waals surface area (Å²) in [6.07, 6.45) is 0.697. The van der Waals surface area contributed by atoms with E-state index in [1.54, 1.807) is 134 Å². The molecule has 3 aliphatic carbocycles. The van der Waals surface area contributed by atoms with Crippen molar-refractivity contribution in [2.45, 2.75) is 59.1 Å². The van der Waals surface area contributed by atoms with Gasteiger partial charge in [0.2, 0.25) is 0 Å². The summed E-state index contributed by atoms with van der Waals surface area (Å²) in [7, 11) is -0.855. The zero-order chi connectivity index (χ0) is 93.8. The molecule has 0 amide bonds. The number of aromatic amines is 1. The number of hydrogen-bond acceptors (Lipinski definition) is 29. The van der Waals surface area contributed by atoms with Crippen LogP contribution in [-0.2, 0) is 86.1 Å². The quantitative estimate of drug-likeness (QED) is 0.00785. The molecule has 668 valence electrons. The largest absolute Gasteiger partial charge is 0.494 e. The van der Waals surface area contributed by atoms with Crippen molar-refractivity contribution in [2.24, 2.45) is 14.1 Å². The van der Waals surface area contributed by atoms with Crippen molar-refractivity contribution in [2.75, 3.05) is 65.7 Å². The molecule has 0 fully saturated rings. The second-order valence-electron chi connectivity index (χ2n) is 30.6. The molecule has 131 heavy (non-hydrogen) atoms. The maximum absolute atomic E-state index is 14.6. The first-order valence-corrected chi connectivity index (χ1v) is 44.9. The Kier molecular flexibility index (Phi) is 25.3. The number of benzene rings is 11. The topological polar surface area (TPSA) is 410 Å². The zero-order valence-electron chi connectivity index (χ0n) is 72.1. The Bertz CT molecular complexity index is 7750. The number of carbonyl (C=O) groups is 6. The van der Waals surface area contributed by atoms with E-state index in [4.69, 9.17) is 27.5 Å². The average molecular weight is 1850 g/mol. The van der Waals surface area contributed by atoms with E-state index in [1.165, 1.54) is 111 Å². The van der Waals surface area contributed by atoms with E-state index in [1.807, 2.05) is 45.9 Å². The van der Waals surface area contributed by atoms with Gasteiger partial charge in [-0.05, 0) is 132 Å². The number of anilines is 6. The van der Waals surface area contributed by atoms with Crippen LogP contribution in [0.3, 0.4) is 0 Å². The number of ketones is 4. The number of aromatic nitrogens is 3. The van der Waals surface area contributed by atoms with Gasteiger partial charge in [-0.1, -0.05) is 141 Å². The maximum Gasteiger partial charge on any atom is 0.344 e. The standard InChI is InChI=1S/C42H36N2O10S2.C27H22N2O8S.C27H22N2O7S/c1-6-42(2,3)25-16-21-31(33(22-25)56(50,51)53-5)54-32-23-30(43-26-17-19-27(20-18-26)55(48,49)52-4)35-36-34(28-14-10-11-15-29(28)40(35)46)37(41(47)44-38(32)36)39(45)24-12-8-7-9-13-24;1-29-24-19(35-2)13-18(28-14-9-11-15(12-10-14)38(33,34)37-4)21-22(24)20(23(26(29)31)27(32)36-3)16-7-5-6-8-17(16)25(21)30;1-14-9-10-17(20(13-14)37-36-35-34-4)28-18-11-12-19-23-21(24(27(32)33-3)26(31)29(19)2)15-7-5-6-8-16(15)25(30)22(18)23/h7-23,43H,6H2,1-5H3,(H,44,47);5-13,28H,1-4H3;5-13,28H,1-4H3. The number of aryl methyl sites for hydroxylation is 3. The van der Waals surface area contributed by atoms with Gasteiger partial charge in [0.1, 0.15) is 27.5 Å². The van der Waals surface area contributed by atoms with Crippen molar-refractivity contribution in [3.8, 4) is 50.6 Å². The van der Waals surface area contributed by atoms with Crippen molar-refractivity contribution in [1.82, 2.24) is 14.1 Å². The van der Waals surface area contributed by atoms with Gasteiger partial charge in [0.25, 0.3) is 47.0 Å². The molecule has 0 spiro atoms. The SMILES string of the molecule is CCC(C)(C)c1ccc(Oc2cc(Nc3ccc(S(=O)(=O)OC)cc3)c3c4c(c(C(=O)c5ccccc5)c(=O)[nH]c24)-c2ccccc2C3=O)c(S(=O)(=O)OC)c1.COC(=O)c1c2c3c(c(Nc4ccc(S(=O)(=O)OC)cc4)cc(OC)c3n(C)c1=O)C(=O)c1ccccc1-2.COOOSc1cc(C)ccc1Nc1ccc2c3c1C(=O)c1ccccc1-c3c(C(=O)OC)c(=O)n2C. The summed E-state index contributed by atoms with van der Waals surface area (Å²) in [5.74, 6) is -3.09. The highest BCUT2D eigenvalue weighted by atomic mass is 32.2. The van der Waals surface area contributed by atoms with Gasteiger partial charge in [0, 0.05) is 92.7 Å². The van der Waals surface area contributed by atoms with Crippen LogP contribution < -0.4 is 42.1 Å². The molecule has 3 heterocycles. The fourth-order valence-corrected chi connectivity index (χ4v) is 18.8. The fourth-order valence-electron chi connectivity index (χ4n) is 16.1. The molecule has 17 rings (SSSR count). The van der Waals surface area contributed by atoms with E-state index < -0.39 is 76.0 Å². The van der Waals surface area contributed by atoms with Gasteiger partial charge in [-0.3, -0.25) is 46.1 Å². The van der Waals surface area contributed by atoms with Gasteiger partial charge >= 0.3 is 11.9 Å². The molecule has 0 aliphatic heterocycles. The summed E-state index contributed by atoms with van der Waals surface area (Å²) in [4.78, 5) is 131. The Labute approximate surface area is 753 Å². The minimum Gasteiger partial charge on any atom is -0.494 e. The first kappa shape index (κ1) is 91.4. The number of hydrogen-bond donors (Lipinski definition) is 4. The summed E-state index contributed by atoms with van der Waals surface area (Å²) in [5.41, 5.74) is 6.21. The number of ether oxygens (including phenoxy) is 4. The lowest BCUT2D eigenvalue weighted by Crippen LogP contribution is -2.29. The molecule has 3 aliphatic rings. The predicted octanol–water partition coefficient (Wildman–Crippen LogP) is 16.6. The molecule has 31 nitrogen and oxygen atoms in total. The number of fused-ring (bicyclic) bond motifs is 6. The van der Waals surface area contributed by atoms with Crippen LogP contribution in [0.1, 0.15) is 123 Å². The Balaban J connectivity index is 0.000000155. The number of nitrogens with zero attached hydrogens (tertiary/aromatic N) is 2. The van der Waals surface area contributed by atoms with Crippen LogP contribution in [0.25, 0.3) is 66.1 Å². The summed E-state index contributed by atoms with van der Waals surface area (Å²) < 4.78 is 119. The van der Waals surface area contributed by atoms with Gasteiger partial charge in [-0.25, -0.2) is 14.5 Å². The highest BCUT2D eigenvalue weighted by Crippen LogP contribution is 2.52. The molecule has 3 aromatic heterocycles. The van der Waals surface area contributed by atoms with Gasteiger partial charge in [0.05, 0.1) is 138 Å². The maximum atomic E-state index is 14.6. The third-order valence-corrected chi connectivity index (χ3v) is 27.4. The number of rotatable bonds is 25. The lowest BCUT2D eigenvalue weighted by atomic mass is 9.80. The minimum atomic E-state index is -4.36. The lowest BCUT2D eigenvalue weighted by Gasteiger charge is -2.26. The molecular weight excluding hydrogens is 1770 g/mol. The van der Waals surface area contributed by atoms with E-state index in [2.05, 4.69) is 39.2 Å². The Hall–Kier alpha value is -14.4. The number of methoxy groups -OCH3 is 3. The van der Waals surface area contributed by atoms with Gasteiger partial charge < -0.3 is 49.0 Å². The Morgan fingerprint density at radius 3 is 1.41 bits per heavy atom. The van der Waals surface area contributed by atoms with E-state index in [0.29, 0.717) is 106 Å². The van der Waals surface area contributed by atoms with Crippen molar-refractivity contribution in [3.05, 3.63) is 310 Å². The number of pyridine rings is 3. The summed E-state index contributed by atoms with van der Waals surface area (Å²) in [5, 5.41) is 15.3. The molecule has 35 heteroatoms. The number of nitrogens with one attached hydrogen (secondary N) is 4. The number of carbonyl (C=O) groups excluding carboxylic acids is 6. The van der Waals surface area contributed by atoms with Crippen LogP contribution in [0.2, 0.25) is 0 Å². The monoisotopic (exact) mass is 1840 g/mol. The Morgan fingerprint density at radius 2 is 0.916 bits per heavy atom. The third kappa shape index (κ3) is 16.5. The first-order valence-electron chi connectivity index (χ1n) is 40.0. The van der Waals surface area contributed by atoms with Crippen LogP contribution >= 0.6 is 12.0 Å². The highest BCUT2D eigenvalue weighted by Gasteiger charge is 2.40. The Morgan fingerprint density at radius 1 is 0.450 bits per heavy atom. The molecular formula is C96H80N6O25S4. The molecule has 0 radical (unpaired) electrons. The molecule has 0 atom stereocenters. The van der Waals surface area contributed by atoms with Crippen molar-refractivity contribution >= 4 is 144 Å². The van der Waals surface area contributed by atoms with E-state index in [-0.39, 0.29) is 110 Å². The predicted molar refractivity (Wildman–Crippen MR) is 490 cm³/mol. The number of H-pyrrole nitrogens is 1. The van der Waals surface area contributed by atoms with E-state index in [0.717, 1.165) is 38.9 Å². The molecule has 4 N–H and O–H groups in total. The van der Waals surface area contributed by atoms with Crippen molar-refractivity contribution in [1.29, 1.82) is 0 Å². The normalized spacial score (nSPS) is 12.4. The van der Waals surface area contributed by atoms with Crippen molar-refractivity contribution in [3.63, 3.8) is 0 Å². The summed E-state index contributed by atoms with van der Waals surface area (Å²) >= 11 is 0.941. The smallest absolute Gasteiger partial charge is 0.344 e. The van der Waals surface area contributed by atoms with E-state index in [9.17, 15) is 68.4 Å². The third-order valence-electron chi connectivity index (χ3n) is 22.9. The van der Waals surface area contributed by atoms with Crippen LogP contribution in [0.4, 0.5) is 34.1 Å². The second kappa shape index (κ2) is 36.3. The fraction of sp³-hybridized carbons (Fsp3) is 0.156. The van der Waals surface area contributed by atoms with Crippen molar-refractivity contribution < 1.29 is 99.8 Å². The molecule has 14 aromatic rings. The molecule has 0 unspecified atom stereocenters. The number of esters is 2. The van der Waals surface area contributed by atoms with Gasteiger partial charge in [-0.2, -0.15) is 25.3 Å². The van der Waals surface area contributed by atoms with E-state index >= 15 is 0 Å². The van der Waals surface area contributed by atoms with Crippen LogP contribution in [-0.4, -0.2) is 124 Å². The van der Waals surface area contributed by atoms with Gasteiger partial charge in [0.15, 0.2) is 28.9 Å². The summed E-state index contributed by atoms with van der Waals surface area (Å²) in [6.45, 7) is 7.87. The van der Waals surface area contributed by atoms with Gasteiger partial charge in [-0.15, -0.1) is 4.33 Å². The highest BCUT2D eigenvalue weighted by molar-refractivity contribution is 7.94. The zero-order valence-corrected chi connectivity index (χ0v) is 75.4. The van der Waals surface area contributed by atoms with Crippen LogP contribution in [0, 0.1) is 6.92 Å². The molecule has 11 aromatic carbocycles. The van der Waals surface area contributed by atoms with Crippen LogP contribution in [0.5, 0.6) is 17.2 Å². The summed E-state index contributed by atoms with van der Waals surface area (Å²) in [6, 6.07) is 56.8. The minimum absolute atomic E-state index is 0.0262. The first-order chi connectivity index (χ1) is 62.6. The second-order valence-corrected chi connectivity index (χ2v) is 36.4. The average Bonchev–Trinajstić information content (AvgIpc) is 0.711. The molecule has 0 saturated carbocycles. The van der Waals surface area contributed by atoms with Crippen LogP contribution in [0.15, 0.2) is 246 Å². The molecule has 0 bridgehead atoms.